The largest absolute Gasteiger partial charge is 0.294 e. The molecule has 0 bridgehead atoms. The molecule has 1 aromatic carbocycles. The predicted molar refractivity (Wildman–Crippen MR) is 80.3 cm³/mol. The average molecular weight is 256 g/mol. The first kappa shape index (κ1) is 14.0. The number of hydrogen-bond donors (Lipinski definition) is 0. The number of hydrogen-bond acceptors (Lipinski definition) is 1. The van der Waals surface area contributed by atoms with Gasteiger partial charge in [0.1, 0.15) is 0 Å². The van der Waals surface area contributed by atoms with Crippen molar-refractivity contribution in [2.24, 2.45) is 11.8 Å². The molecule has 1 saturated carbocycles. The van der Waals surface area contributed by atoms with Gasteiger partial charge in [0.15, 0.2) is 5.78 Å². The highest BCUT2D eigenvalue weighted by Gasteiger charge is 2.12. The third kappa shape index (κ3) is 4.66. The number of rotatable bonds is 5. The summed E-state index contributed by atoms with van der Waals surface area (Å²) in [5, 5.41) is 0. The van der Waals surface area contributed by atoms with Gasteiger partial charge in [-0.3, -0.25) is 4.79 Å². The molecule has 0 heterocycles. The van der Waals surface area contributed by atoms with Crippen LogP contribution in [-0.2, 0) is 0 Å². The lowest BCUT2D eigenvalue weighted by Crippen LogP contribution is -2.06. The summed E-state index contributed by atoms with van der Waals surface area (Å²) in [5.74, 6) is 1.35. The SMILES string of the molecule is CC(/C=C/C1CCCCC1)CC(=O)c1ccccc1. The highest BCUT2D eigenvalue weighted by molar-refractivity contribution is 5.96. The predicted octanol–water partition coefficient (Wildman–Crippen LogP) is 5.03. The van der Waals surface area contributed by atoms with E-state index in [9.17, 15) is 4.79 Å². The molecule has 1 atom stereocenters. The molecule has 0 N–H and O–H groups in total. The van der Waals surface area contributed by atoms with Gasteiger partial charge in [-0.2, -0.15) is 0 Å². The maximum atomic E-state index is 12.1. The lowest BCUT2D eigenvalue weighted by atomic mass is 9.88. The summed E-state index contributed by atoms with van der Waals surface area (Å²) in [4.78, 5) is 12.1. The van der Waals surface area contributed by atoms with Crippen molar-refractivity contribution in [3.63, 3.8) is 0 Å². The Labute approximate surface area is 116 Å². The Bertz CT molecular complexity index is 413. The normalized spacial score (nSPS) is 18.6. The molecule has 0 amide bonds. The number of benzene rings is 1. The Morgan fingerprint density at radius 3 is 2.58 bits per heavy atom. The first-order valence-corrected chi connectivity index (χ1v) is 7.52. The molecule has 19 heavy (non-hydrogen) atoms. The fourth-order valence-corrected chi connectivity index (χ4v) is 2.78. The summed E-state index contributed by atoms with van der Waals surface area (Å²) in [6, 6.07) is 9.61. The van der Waals surface area contributed by atoms with E-state index in [4.69, 9.17) is 0 Å². The summed E-state index contributed by atoms with van der Waals surface area (Å²) in [6.45, 7) is 2.14. The van der Waals surface area contributed by atoms with Gasteiger partial charge in [0.25, 0.3) is 0 Å². The van der Waals surface area contributed by atoms with Crippen LogP contribution in [0.4, 0.5) is 0 Å². The van der Waals surface area contributed by atoms with Gasteiger partial charge in [-0.05, 0) is 24.7 Å². The number of carbonyl (C=O) groups is 1. The van der Waals surface area contributed by atoms with E-state index >= 15 is 0 Å². The number of Topliss-reactive ketones (excluding diaryl/α,β-unsaturated/α-hetero) is 1. The van der Waals surface area contributed by atoms with Gasteiger partial charge in [0.05, 0.1) is 0 Å². The second kappa shape index (κ2) is 7.28. The first-order chi connectivity index (χ1) is 9.25. The fourth-order valence-electron chi connectivity index (χ4n) is 2.78. The Morgan fingerprint density at radius 1 is 1.21 bits per heavy atom. The third-order valence-corrected chi connectivity index (χ3v) is 3.96. The van der Waals surface area contributed by atoms with E-state index in [2.05, 4.69) is 19.1 Å². The zero-order valence-corrected chi connectivity index (χ0v) is 11.8. The zero-order valence-electron chi connectivity index (χ0n) is 11.8. The van der Waals surface area contributed by atoms with Crippen LogP contribution in [0.5, 0.6) is 0 Å². The van der Waals surface area contributed by atoms with Gasteiger partial charge < -0.3 is 0 Å². The highest BCUT2D eigenvalue weighted by Crippen LogP contribution is 2.25. The van der Waals surface area contributed by atoms with Crippen LogP contribution in [0.3, 0.4) is 0 Å². The van der Waals surface area contributed by atoms with Crippen molar-refractivity contribution in [2.75, 3.05) is 0 Å². The van der Waals surface area contributed by atoms with Gasteiger partial charge in [-0.1, -0.05) is 68.7 Å². The van der Waals surface area contributed by atoms with Gasteiger partial charge in [0.2, 0.25) is 0 Å². The van der Waals surface area contributed by atoms with E-state index in [1.807, 2.05) is 30.3 Å². The van der Waals surface area contributed by atoms with Crippen molar-refractivity contribution in [1.82, 2.24) is 0 Å². The molecule has 1 nitrogen and oxygen atoms in total. The van der Waals surface area contributed by atoms with E-state index in [1.54, 1.807) is 0 Å². The van der Waals surface area contributed by atoms with Gasteiger partial charge in [-0.25, -0.2) is 0 Å². The minimum atomic E-state index is 0.251. The topological polar surface area (TPSA) is 17.1 Å². The average Bonchev–Trinajstić information content (AvgIpc) is 2.47. The molecule has 1 heteroatoms. The number of carbonyl (C=O) groups excluding carboxylic acids is 1. The molecule has 1 aromatic rings. The van der Waals surface area contributed by atoms with Crippen molar-refractivity contribution in [1.29, 1.82) is 0 Å². The summed E-state index contributed by atoms with van der Waals surface area (Å²) in [7, 11) is 0. The molecule has 102 valence electrons. The van der Waals surface area contributed by atoms with Crippen LogP contribution in [0.25, 0.3) is 0 Å². The third-order valence-electron chi connectivity index (χ3n) is 3.96. The quantitative estimate of drug-likeness (QED) is 0.533. The first-order valence-electron chi connectivity index (χ1n) is 7.52. The molecule has 0 radical (unpaired) electrons. The van der Waals surface area contributed by atoms with Crippen molar-refractivity contribution in [3.05, 3.63) is 48.0 Å². The molecular formula is C18H24O. The molecule has 0 saturated heterocycles. The summed E-state index contributed by atoms with van der Waals surface area (Å²) in [5.41, 5.74) is 0.834. The lowest BCUT2D eigenvalue weighted by molar-refractivity contribution is 0.0972. The maximum Gasteiger partial charge on any atom is 0.163 e. The molecule has 1 unspecified atom stereocenters. The molecule has 2 rings (SSSR count). The Hall–Kier alpha value is -1.37. The van der Waals surface area contributed by atoms with Crippen LogP contribution in [0, 0.1) is 11.8 Å². The van der Waals surface area contributed by atoms with Crippen LogP contribution in [-0.4, -0.2) is 5.78 Å². The van der Waals surface area contributed by atoms with E-state index in [0.717, 1.165) is 11.5 Å². The van der Waals surface area contributed by atoms with Gasteiger partial charge in [-0.15, -0.1) is 0 Å². The van der Waals surface area contributed by atoms with Crippen molar-refractivity contribution in [3.8, 4) is 0 Å². The standard InChI is InChI=1S/C18H24O/c1-15(12-13-16-8-4-2-5-9-16)14-18(19)17-10-6-3-7-11-17/h3,6-7,10-13,15-16H,2,4-5,8-9,14H2,1H3/b13-12+. The minimum absolute atomic E-state index is 0.251. The molecule has 0 aromatic heterocycles. The monoisotopic (exact) mass is 256 g/mol. The van der Waals surface area contributed by atoms with Crippen LogP contribution < -0.4 is 0 Å². The molecule has 0 spiro atoms. The van der Waals surface area contributed by atoms with Crippen LogP contribution in [0.1, 0.15) is 55.8 Å². The van der Waals surface area contributed by atoms with Crippen LogP contribution in [0.15, 0.2) is 42.5 Å². The Kier molecular flexibility index (Phi) is 5.38. The van der Waals surface area contributed by atoms with Crippen molar-refractivity contribution in [2.45, 2.75) is 45.4 Å². The Morgan fingerprint density at radius 2 is 1.89 bits per heavy atom. The van der Waals surface area contributed by atoms with Gasteiger partial charge >= 0.3 is 0 Å². The maximum absolute atomic E-state index is 12.1. The second-order valence-corrected chi connectivity index (χ2v) is 5.75. The number of allylic oxidation sites excluding steroid dienone is 2. The zero-order chi connectivity index (χ0) is 13.5. The summed E-state index contributed by atoms with van der Waals surface area (Å²) < 4.78 is 0. The lowest BCUT2D eigenvalue weighted by Gasteiger charge is -2.18. The van der Waals surface area contributed by atoms with E-state index in [1.165, 1.54) is 32.1 Å². The second-order valence-electron chi connectivity index (χ2n) is 5.75. The van der Waals surface area contributed by atoms with Gasteiger partial charge in [0, 0.05) is 12.0 Å². The molecule has 0 aliphatic heterocycles. The molecular weight excluding hydrogens is 232 g/mol. The molecule has 1 aliphatic carbocycles. The van der Waals surface area contributed by atoms with Crippen LogP contribution in [0.2, 0.25) is 0 Å². The molecule has 1 fully saturated rings. The summed E-state index contributed by atoms with van der Waals surface area (Å²) >= 11 is 0. The fraction of sp³-hybridized carbons (Fsp3) is 0.500. The van der Waals surface area contributed by atoms with Crippen molar-refractivity contribution >= 4 is 5.78 Å². The molecule has 1 aliphatic rings. The smallest absolute Gasteiger partial charge is 0.163 e. The van der Waals surface area contributed by atoms with Crippen molar-refractivity contribution < 1.29 is 4.79 Å². The van der Waals surface area contributed by atoms with E-state index < -0.39 is 0 Å². The minimum Gasteiger partial charge on any atom is -0.294 e. The Balaban J connectivity index is 1.82. The van der Waals surface area contributed by atoms with E-state index in [0.29, 0.717) is 12.3 Å². The highest BCUT2D eigenvalue weighted by atomic mass is 16.1. The number of ketones is 1. The van der Waals surface area contributed by atoms with Crippen LogP contribution >= 0.6 is 0 Å². The summed E-state index contributed by atoms with van der Waals surface area (Å²) in [6.07, 6.45) is 12.0. The van der Waals surface area contributed by atoms with E-state index in [-0.39, 0.29) is 5.78 Å².